The van der Waals surface area contributed by atoms with E-state index in [-0.39, 0.29) is 18.0 Å². The fourth-order valence-corrected chi connectivity index (χ4v) is 3.00. The molecule has 28 heavy (non-hydrogen) atoms. The molecule has 0 saturated heterocycles. The molecule has 2 nitrogen and oxygen atoms in total. The van der Waals surface area contributed by atoms with E-state index < -0.39 is 17.7 Å². The van der Waals surface area contributed by atoms with Crippen LogP contribution in [-0.4, -0.2) is 11.6 Å². The molecule has 0 radical (unpaired) electrons. The summed E-state index contributed by atoms with van der Waals surface area (Å²) in [7, 11) is 0. The van der Waals surface area contributed by atoms with Gasteiger partial charge in [0.1, 0.15) is 0 Å². The molecule has 0 aliphatic carbocycles. The maximum Gasteiger partial charge on any atom is 0.416 e. The predicted molar refractivity (Wildman–Crippen MR) is 100 cm³/mol. The summed E-state index contributed by atoms with van der Waals surface area (Å²) >= 11 is 0. The summed E-state index contributed by atoms with van der Waals surface area (Å²) in [5, 5.41) is 0. The van der Waals surface area contributed by atoms with Crippen LogP contribution in [0.1, 0.15) is 44.2 Å². The van der Waals surface area contributed by atoms with Crippen molar-refractivity contribution >= 4 is 11.6 Å². The summed E-state index contributed by atoms with van der Waals surface area (Å²) in [6, 6.07) is 21.4. The molecule has 0 fully saturated rings. The van der Waals surface area contributed by atoms with E-state index in [1.807, 2.05) is 0 Å². The van der Waals surface area contributed by atoms with Gasteiger partial charge in [-0.3, -0.25) is 9.59 Å². The highest BCUT2D eigenvalue weighted by molar-refractivity contribution is 6.06. The standard InChI is InChI=1S/C23H17F3O2/c24-23(25,26)19-13-11-16(12-14-19)20(22(28)18-9-5-2-6-10-18)15-21(27)17-7-3-1-4-8-17/h1-14,20H,15H2. The summed E-state index contributed by atoms with van der Waals surface area (Å²) in [4.78, 5) is 25.7. The molecule has 0 N–H and O–H groups in total. The maximum atomic E-state index is 13.0. The number of ketones is 2. The van der Waals surface area contributed by atoms with Crippen molar-refractivity contribution in [2.24, 2.45) is 0 Å². The smallest absolute Gasteiger partial charge is 0.294 e. The number of Topliss-reactive ketones (excluding diaryl/α,β-unsaturated/α-hetero) is 2. The fraction of sp³-hybridized carbons (Fsp3) is 0.130. The molecule has 3 aromatic carbocycles. The van der Waals surface area contributed by atoms with E-state index in [2.05, 4.69) is 0 Å². The summed E-state index contributed by atoms with van der Waals surface area (Å²) in [6.45, 7) is 0. The topological polar surface area (TPSA) is 34.1 Å². The van der Waals surface area contributed by atoms with Crippen molar-refractivity contribution < 1.29 is 22.8 Å². The molecule has 0 aliphatic heterocycles. The van der Waals surface area contributed by atoms with Crippen LogP contribution in [0.5, 0.6) is 0 Å². The first-order valence-electron chi connectivity index (χ1n) is 8.71. The van der Waals surface area contributed by atoms with Crippen LogP contribution in [0.2, 0.25) is 0 Å². The molecular formula is C23H17F3O2. The van der Waals surface area contributed by atoms with E-state index in [1.165, 1.54) is 12.1 Å². The Balaban J connectivity index is 1.94. The third-order valence-corrected chi connectivity index (χ3v) is 4.50. The molecule has 1 atom stereocenters. The van der Waals surface area contributed by atoms with E-state index >= 15 is 0 Å². The summed E-state index contributed by atoms with van der Waals surface area (Å²) in [6.07, 6.45) is -4.58. The van der Waals surface area contributed by atoms with Gasteiger partial charge in [-0.1, -0.05) is 72.8 Å². The zero-order valence-corrected chi connectivity index (χ0v) is 14.8. The van der Waals surface area contributed by atoms with Gasteiger partial charge >= 0.3 is 6.18 Å². The molecule has 0 spiro atoms. The Bertz CT molecular complexity index is 947. The minimum atomic E-state index is -4.46. The Kier molecular flexibility index (Phi) is 5.73. The Labute approximate surface area is 160 Å². The van der Waals surface area contributed by atoms with Crippen molar-refractivity contribution in [1.29, 1.82) is 0 Å². The summed E-state index contributed by atoms with van der Waals surface area (Å²) < 4.78 is 38.6. The highest BCUT2D eigenvalue weighted by atomic mass is 19.4. The van der Waals surface area contributed by atoms with Crippen LogP contribution in [0.3, 0.4) is 0 Å². The van der Waals surface area contributed by atoms with Gasteiger partial charge in [-0.05, 0) is 17.7 Å². The SMILES string of the molecule is O=C(CC(C(=O)c1ccccc1)c1ccc(C(F)(F)F)cc1)c1ccccc1. The maximum absolute atomic E-state index is 13.0. The minimum Gasteiger partial charge on any atom is -0.294 e. The molecule has 0 amide bonds. The number of hydrogen-bond donors (Lipinski definition) is 0. The number of alkyl halides is 3. The van der Waals surface area contributed by atoms with Gasteiger partial charge in [-0.2, -0.15) is 13.2 Å². The Morgan fingerprint density at radius 2 is 1.21 bits per heavy atom. The quantitative estimate of drug-likeness (QED) is 0.494. The minimum absolute atomic E-state index is 0.122. The summed E-state index contributed by atoms with van der Waals surface area (Å²) in [5.74, 6) is -1.41. The van der Waals surface area contributed by atoms with Crippen molar-refractivity contribution in [2.45, 2.75) is 18.5 Å². The molecule has 3 rings (SSSR count). The van der Waals surface area contributed by atoms with Crippen molar-refractivity contribution in [1.82, 2.24) is 0 Å². The van der Waals surface area contributed by atoms with Crippen molar-refractivity contribution in [2.75, 3.05) is 0 Å². The molecule has 3 aromatic rings. The van der Waals surface area contributed by atoms with Gasteiger partial charge < -0.3 is 0 Å². The lowest BCUT2D eigenvalue weighted by Crippen LogP contribution is -2.18. The summed E-state index contributed by atoms with van der Waals surface area (Å²) in [5.41, 5.74) is 0.455. The van der Waals surface area contributed by atoms with E-state index in [9.17, 15) is 22.8 Å². The molecule has 0 aliphatic rings. The number of carbonyl (C=O) groups is 2. The Hall–Kier alpha value is -3.21. The first kappa shape index (κ1) is 19.5. The van der Waals surface area contributed by atoms with Crippen LogP contribution in [0.15, 0.2) is 84.9 Å². The van der Waals surface area contributed by atoms with Gasteiger partial charge in [0, 0.05) is 17.5 Å². The van der Waals surface area contributed by atoms with Gasteiger partial charge in [-0.25, -0.2) is 0 Å². The first-order valence-corrected chi connectivity index (χ1v) is 8.71. The van der Waals surface area contributed by atoms with Crippen LogP contribution in [-0.2, 0) is 6.18 Å². The van der Waals surface area contributed by atoms with Gasteiger partial charge in [0.05, 0.1) is 11.5 Å². The lowest BCUT2D eigenvalue weighted by Gasteiger charge is -2.17. The third kappa shape index (κ3) is 4.55. The molecular weight excluding hydrogens is 365 g/mol. The lowest BCUT2D eigenvalue weighted by molar-refractivity contribution is -0.137. The van der Waals surface area contributed by atoms with Crippen LogP contribution >= 0.6 is 0 Å². The van der Waals surface area contributed by atoms with E-state index in [4.69, 9.17) is 0 Å². The molecule has 0 bridgehead atoms. The lowest BCUT2D eigenvalue weighted by atomic mass is 9.85. The van der Waals surface area contributed by atoms with Crippen molar-refractivity contribution in [3.8, 4) is 0 Å². The average Bonchev–Trinajstić information content (AvgIpc) is 2.72. The fourth-order valence-electron chi connectivity index (χ4n) is 3.00. The van der Waals surface area contributed by atoms with Crippen molar-refractivity contribution in [3.63, 3.8) is 0 Å². The molecule has 1 unspecified atom stereocenters. The number of rotatable bonds is 6. The predicted octanol–water partition coefficient (Wildman–Crippen LogP) is 5.94. The highest BCUT2D eigenvalue weighted by Gasteiger charge is 2.31. The van der Waals surface area contributed by atoms with Crippen molar-refractivity contribution in [3.05, 3.63) is 107 Å². The van der Waals surface area contributed by atoms with Gasteiger partial charge in [-0.15, -0.1) is 0 Å². The zero-order chi connectivity index (χ0) is 20.1. The van der Waals surface area contributed by atoms with Gasteiger partial charge in [0.25, 0.3) is 0 Å². The normalized spacial score (nSPS) is 12.4. The molecule has 0 saturated carbocycles. The Morgan fingerprint density at radius 1 is 0.714 bits per heavy atom. The highest BCUT2D eigenvalue weighted by Crippen LogP contribution is 2.32. The van der Waals surface area contributed by atoms with Crippen LogP contribution in [0.4, 0.5) is 13.2 Å². The number of carbonyl (C=O) groups excluding carboxylic acids is 2. The third-order valence-electron chi connectivity index (χ3n) is 4.50. The monoisotopic (exact) mass is 382 g/mol. The Morgan fingerprint density at radius 3 is 1.71 bits per heavy atom. The van der Waals surface area contributed by atoms with Gasteiger partial charge in [0.2, 0.25) is 0 Å². The molecule has 0 heterocycles. The second-order valence-electron chi connectivity index (χ2n) is 6.40. The largest absolute Gasteiger partial charge is 0.416 e. The van der Waals surface area contributed by atoms with E-state index in [0.29, 0.717) is 16.7 Å². The molecule has 5 heteroatoms. The molecule has 0 aromatic heterocycles. The number of halogens is 3. The zero-order valence-electron chi connectivity index (χ0n) is 14.8. The number of hydrogen-bond acceptors (Lipinski definition) is 2. The second-order valence-corrected chi connectivity index (χ2v) is 6.40. The van der Waals surface area contributed by atoms with Crippen LogP contribution in [0.25, 0.3) is 0 Å². The second kappa shape index (κ2) is 8.21. The number of benzene rings is 3. The van der Waals surface area contributed by atoms with E-state index in [1.54, 1.807) is 60.7 Å². The van der Waals surface area contributed by atoms with Gasteiger partial charge in [0.15, 0.2) is 11.6 Å². The first-order chi connectivity index (χ1) is 13.4. The van der Waals surface area contributed by atoms with Crippen LogP contribution in [0, 0.1) is 0 Å². The average molecular weight is 382 g/mol. The van der Waals surface area contributed by atoms with E-state index in [0.717, 1.165) is 12.1 Å². The van der Waals surface area contributed by atoms with Crippen LogP contribution < -0.4 is 0 Å². The molecule has 142 valence electrons.